The number of carbonyl (C=O) groups excluding carboxylic acids is 2. The largest absolute Gasteiger partial charge is 0.350 e. The summed E-state index contributed by atoms with van der Waals surface area (Å²) in [5, 5.41) is 3.72. The van der Waals surface area contributed by atoms with Gasteiger partial charge in [-0.15, -0.1) is 6.58 Å². The molecule has 1 heterocycles. The van der Waals surface area contributed by atoms with Gasteiger partial charge in [0.25, 0.3) is 11.8 Å². The Balaban J connectivity index is 2.02. The molecule has 2 aromatic carbocycles. The molecule has 0 fully saturated rings. The van der Waals surface area contributed by atoms with E-state index in [4.69, 9.17) is 11.6 Å². The van der Waals surface area contributed by atoms with Crippen molar-refractivity contribution in [3.05, 3.63) is 83.0 Å². The van der Waals surface area contributed by atoms with Crippen molar-refractivity contribution >= 4 is 34.7 Å². The minimum absolute atomic E-state index is 0.0339. The number of halogens is 1. The quantitative estimate of drug-likeness (QED) is 0.572. The third kappa shape index (κ3) is 3.87. The van der Waals surface area contributed by atoms with Crippen molar-refractivity contribution < 1.29 is 9.59 Å². The van der Waals surface area contributed by atoms with Gasteiger partial charge in [0.05, 0.1) is 5.57 Å². The van der Waals surface area contributed by atoms with Gasteiger partial charge in [-0.05, 0) is 40.8 Å². The Hall–Kier alpha value is -2.85. The highest BCUT2D eigenvalue weighted by atomic mass is 35.5. The topological polar surface area (TPSA) is 49.4 Å². The van der Waals surface area contributed by atoms with Crippen LogP contribution in [-0.2, 0) is 15.0 Å². The van der Waals surface area contributed by atoms with E-state index in [1.165, 1.54) is 16.5 Å². The molecule has 2 amide bonds. The molecule has 3 rings (SSSR count). The average molecular weight is 395 g/mol. The minimum atomic E-state index is -0.366. The van der Waals surface area contributed by atoms with Crippen molar-refractivity contribution in [3.63, 3.8) is 0 Å². The zero-order valence-corrected chi connectivity index (χ0v) is 17.0. The molecule has 1 aliphatic heterocycles. The number of amides is 2. The molecule has 1 aliphatic rings. The van der Waals surface area contributed by atoms with Gasteiger partial charge in [0.15, 0.2) is 0 Å². The maximum atomic E-state index is 12.9. The molecule has 0 radical (unpaired) electrons. The highest BCUT2D eigenvalue weighted by Crippen LogP contribution is 2.31. The molecule has 0 bridgehead atoms. The second-order valence-electron chi connectivity index (χ2n) is 7.72. The lowest BCUT2D eigenvalue weighted by molar-refractivity contribution is -0.136. The van der Waals surface area contributed by atoms with Crippen LogP contribution in [0.3, 0.4) is 0 Å². The van der Waals surface area contributed by atoms with Gasteiger partial charge in [0.1, 0.15) is 5.70 Å². The second-order valence-corrected chi connectivity index (χ2v) is 8.16. The zero-order valence-electron chi connectivity index (χ0n) is 16.3. The number of benzene rings is 2. The number of imide groups is 1. The van der Waals surface area contributed by atoms with Crippen LogP contribution >= 0.6 is 11.6 Å². The van der Waals surface area contributed by atoms with Gasteiger partial charge in [-0.3, -0.25) is 14.5 Å². The third-order valence-corrected chi connectivity index (χ3v) is 4.88. The van der Waals surface area contributed by atoms with E-state index in [2.05, 4.69) is 32.7 Å². The number of hydrogen-bond donors (Lipinski definition) is 1. The van der Waals surface area contributed by atoms with Crippen molar-refractivity contribution in [1.29, 1.82) is 0 Å². The Morgan fingerprint density at radius 2 is 1.61 bits per heavy atom. The van der Waals surface area contributed by atoms with E-state index < -0.39 is 0 Å². The predicted molar refractivity (Wildman–Crippen MR) is 114 cm³/mol. The Bertz CT molecular complexity index is 952. The van der Waals surface area contributed by atoms with Crippen molar-refractivity contribution in [1.82, 2.24) is 4.90 Å². The van der Waals surface area contributed by atoms with Crippen molar-refractivity contribution in [2.75, 3.05) is 11.9 Å². The summed E-state index contributed by atoms with van der Waals surface area (Å²) in [6, 6.07) is 14.8. The fourth-order valence-electron chi connectivity index (χ4n) is 3.07. The maximum absolute atomic E-state index is 12.9. The highest BCUT2D eigenvalue weighted by molar-refractivity contribution is 6.37. The lowest BCUT2D eigenvalue weighted by Crippen LogP contribution is -2.32. The number of anilines is 1. The van der Waals surface area contributed by atoms with Gasteiger partial charge in [0, 0.05) is 17.3 Å². The van der Waals surface area contributed by atoms with Crippen LogP contribution in [0.25, 0.3) is 5.57 Å². The molecule has 28 heavy (non-hydrogen) atoms. The van der Waals surface area contributed by atoms with Crippen molar-refractivity contribution in [3.8, 4) is 0 Å². The molecular weight excluding hydrogens is 372 g/mol. The number of nitrogens with zero attached hydrogens (tertiary/aromatic N) is 1. The van der Waals surface area contributed by atoms with Crippen LogP contribution < -0.4 is 5.32 Å². The van der Waals surface area contributed by atoms with E-state index in [0.717, 1.165) is 5.69 Å². The van der Waals surface area contributed by atoms with Crippen molar-refractivity contribution in [2.45, 2.75) is 26.2 Å². The molecule has 0 saturated heterocycles. The summed E-state index contributed by atoms with van der Waals surface area (Å²) in [6.45, 7) is 10.2. The summed E-state index contributed by atoms with van der Waals surface area (Å²) in [5.74, 6) is -0.712. The molecule has 0 saturated carbocycles. The van der Waals surface area contributed by atoms with E-state index in [1.54, 1.807) is 24.3 Å². The molecule has 144 valence electrons. The molecule has 0 aliphatic carbocycles. The summed E-state index contributed by atoms with van der Waals surface area (Å²) >= 11 is 5.97. The summed E-state index contributed by atoms with van der Waals surface area (Å²) < 4.78 is 0. The molecule has 4 nitrogen and oxygen atoms in total. The summed E-state index contributed by atoms with van der Waals surface area (Å²) in [5.41, 5.74) is 3.21. The standard InChI is InChI=1S/C23H23ClN2O2/c1-5-14-26-21(27)19(15-6-10-17(24)11-7-15)20(22(26)28)25-18-12-8-16(9-13-18)23(2,3)4/h5-13,25H,1,14H2,2-4H3. The molecule has 0 aromatic heterocycles. The van der Waals surface area contributed by atoms with E-state index in [9.17, 15) is 9.59 Å². The van der Waals surface area contributed by atoms with Crippen LogP contribution in [0.4, 0.5) is 5.69 Å². The van der Waals surface area contributed by atoms with Gasteiger partial charge in [-0.2, -0.15) is 0 Å². The van der Waals surface area contributed by atoms with Gasteiger partial charge in [0.2, 0.25) is 0 Å². The average Bonchev–Trinajstić information content (AvgIpc) is 2.87. The van der Waals surface area contributed by atoms with E-state index in [1.807, 2.05) is 24.3 Å². The zero-order chi connectivity index (χ0) is 20.5. The smallest absolute Gasteiger partial charge is 0.278 e. The first kappa shape index (κ1) is 19.9. The monoisotopic (exact) mass is 394 g/mol. The van der Waals surface area contributed by atoms with E-state index in [-0.39, 0.29) is 29.5 Å². The first-order chi connectivity index (χ1) is 13.2. The lowest BCUT2D eigenvalue weighted by Gasteiger charge is -2.19. The third-order valence-electron chi connectivity index (χ3n) is 4.63. The molecular formula is C23H23ClN2O2. The SMILES string of the molecule is C=CCN1C(=O)C(Nc2ccc(C(C)(C)C)cc2)=C(c2ccc(Cl)cc2)C1=O. The fraction of sp³-hybridized carbons (Fsp3) is 0.217. The van der Waals surface area contributed by atoms with Crippen LogP contribution in [0, 0.1) is 0 Å². The van der Waals surface area contributed by atoms with Crippen LogP contribution in [-0.4, -0.2) is 23.3 Å². The van der Waals surface area contributed by atoms with Crippen LogP contribution in [0.2, 0.25) is 5.02 Å². The lowest BCUT2D eigenvalue weighted by atomic mass is 9.87. The molecule has 0 atom stereocenters. The number of carbonyl (C=O) groups is 2. The second kappa shape index (κ2) is 7.64. The van der Waals surface area contributed by atoms with Gasteiger partial charge >= 0.3 is 0 Å². The van der Waals surface area contributed by atoms with Gasteiger partial charge in [-0.1, -0.05) is 62.7 Å². The number of nitrogens with one attached hydrogen (secondary N) is 1. The maximum Gasteiger partial charge on any atom is 0.278 e. The van der Waals surface area contributed by atoms with E-state index in [0.29, 0.717) is 16.2 Å². The molecule has 0 unspecified atom stereocenters. The summed E-state index contributed by atoms with van der Waals surface area (Å²) in [4.78, 5) is 27.0. The fourth-order valence-corrected chi connectivity index (χ4v) is 3.20. The van der Waals surface area contributed by atoms with Crippen molar-refractivity contribution in [2.24, 2.45) is 0 Å². The van der Waals surface area contributed by atoms with Gasteiger partial charge < -0.3 is 5.32 Å². The minimum Gasteiger partial charge on any atom is -0.350 e. The Morgan fingerprint density at radius 1 is 1.00 bits per heavy atom. The first-order valence-corrected chi connectivity index (χ1v) is 9.45. The number of hydrogen-bond acceptors (Lipinski definition) is 3. The first-order valence-electron chi connectivity index (χ1n) is 9.07. The molecule has 0 spiro atoms. The number of rotatable bonds is 5. The predicted octanol–water partition coefficient (Wildman–Crippen LogP) is 5.02. The Morgan fingerprint density at radius 3 is 2.14 bits per heavy atom. The Labute approximate surface area is 170 Å². The Kier molecular flexibility index (Phi) is 5.43. The summed E-state index contributed by atoms with van der Waals surface area (Å²) in [6.07, 6.45) is 1.54. The van der Waals surface area contributed by atoms with E-state index >= 15 is 0 Å². The van der Waals surface area contributed by atoms with Crippen LogP contribution in [0.5, 0.6) is 0 Å². The molecule has 5 heteroatoms. The molecule has 2 aromatic rings. The molecule has 1 N–H and O–H groups in total. The van der Waals surface area contributed by atoms with Crippen LogP contribution in [0.15, 0.2) is 66.9 Å². The van der Waals surface area contributed by atoms with Crippen LogP contribution in [0.1, 0.15) is 31.9 Å². The normalized spacial score (nSPS) is 14.6. The highest BCUT2D eigenvalue weighted by Gasteiger charge is 2.38. The van der Waals surface area contributed by atoms with Gasteiger partial charge in [-0.25, -0.2) is 0 Å². The summed E-state index contributed by atoms with van der Waals surface area (Å²) in [7, 11) is 0.